The van der Waals surface area contributed by atoms with Crippen molar-refractivity contribution >= 4 is 22.6 Å². The number of rotatable bonds is 2. The first kappa shape index (κ1) is 16.5. The Morgan fingerprint density at radius 3 is 2.64 bits per heavy atom. The van der Waals surface area contributed by atoms with Crippen LogP contribution < -0.4 is 0 Å². The molecule has 3 atom stereocenters. The maximum atomic E-state index is 2.61. The molecule has 0 aliphatic heterocycles. The second-order valence-corrected chi connectivity index (χ2v) is 9.24. The van der Waals surface area contributed by atoms with Crippen molar-refractivity contribution < 1.29 is 0 Å². The van der Waals surface area contributed by atoms with E-state index in [1.807, 2.05) is 0 Å². The number of fused-ring (bicyclic) bond motifs is 1. The van der Waals surface area contributed by atoms with Crippen LogP contribution in [0.15, 0.2) is 44.6 Å². The highest BCUT2D eigenvalue weighted by atomic mass is 127. The summed E-state index contributed by atoms with van der Waals surface area (Å²) in [5, 5.41) is 0. The molecule has 0 radical (unpaired) electrons. The Morgan fingerprint density at radius 1 is 1.23 bits per heavy atom. The molecular formula is C21H29I. The lowest BCUT2D eigenvalue weighted by Gasteiger charge is -2.38. The van der Waals surface area contributed by atoms with Crippen LogP contribution in [0.2, 0.25) is 0 Å². The van der Waals surface area contributed by atoms with E-state index in [2.05, 4.69) is 74.6 Å². The molecule has 0 spiro atoms. The lowest BCUT2D eigenvalue weighted by atomic mass is 9.66. The van der Waals surface area contributed by atoms with Crippen molar-refractivity contribution in [2.24, 2.45) is 23.2 Å². The van der Waals surface area contributed by atoms with E-state index < -0.39 is 0 Å². The molecule has 0 saturated carbocycles. The Morgan fingerprint density at radius 2 is 2.00 bits per heavy atom. The number of hydrogen-bond donors (Lipinski definition) is 0. The monoisotopic (exact) mass is 408 g/mol. The molecule has 0 aromatic rings. The highest BCUT2D eigenvalue weighted by Gasteiger charge is 2.46. The van der Waals surface area contributed by atoms with Crippen molar-refractivity contribution in [3.8, 4) is 0 Å². The molecule has 3 rings (SSSR count). The van der Waals surface area contributed by atoms with E-state index in [-0.39, 0.29) is 0 Å². The van der Waals surface area contributed by atoms with Gasteiger partial charge in [0, 0.05) is 0 Å². The smallest absolute Gasteiger partial charge is 0.00882 e. The first-order valence-corrected chi connectivity index (χ1v) is 9.90. The Labute approximate surface area is 150 Å². The van der Waals surface area contributed by atoms with Crippen molar-refractivity contribution in [1.29, 1.82) is 0 Å². The molecule has 1 heteroatoms. The predicted molar refractivity (Wildman–Crippen MR) is 105 cm³/mol. The van der Waals surface area contributed by atoms with E-state index in [1.165, 1.54) is 32.1 Å². The largest absolute Gasteiger partial charge is 0.0874 e. The van der Waals surface area contributed by atoms with Gasteiger partial charge in [-0.25, -0.2) is 0 Å². The molecule has 0 aromatic carbocycles. The molecule has 22 heavy (non-hydrogen) atoms. The maximum Gasteiger partial charge on any atom is -0.00882 e. The van der Waals surface area contributed by atoms with Gasteiger partial charge in [-0.3, -0.25) is 0 Å². The van der Waals surface area contributed by atoms with Crippen LogP contribution in [0.25, 0.3) is 0 Å². The molecule has 0 bridgehead atoms. The molecule has 1 unspecified atom stereocenters. The zero-order valence-electron chi connectivity index (χ0n) is 14.5. The average Bonchev–Trinajstić information content (AvgIpc) is 2.69. The summed E-state index contributed by atoms with van der Waals surface area (Å²) in [4.78, 5) is 0. The van der Waals surface area contributed by atoms with Gasteiger partial charge in [0.1, 0.15) is 0 Å². The summed E-state index contributed by atoms with van der Waals surface area (Å²) in [6, 6.07) is 0. The van der Waals surface area contributed by atoms with Crippen LogP contribution in [0, 0.1) is 23.2 Å². The van der Waals surface area contributed by atoms with E-state index in [9.17, 15) is 0 Å². The van der Waals surface area contributed by atoms with Gasteiger partial charge >= 0.3 is 0 Å². The fraction of sp³-hybridized carbons (Fsp3) is 0.619. The Kier molecular flexibility index (Phi) is 4.74. The highest BCUT2D eigenvalue weighted by molar-refractivity contribution is 14.1. The third kappa shape index (κ3) is 2.79. The van der Waals surface area contributed by atoms with Crippen LogP contribution in [0.5, 0.6) is 0 Å². The van der Waals surface area contributed by atoms with Crippen LogP contribution in [-0.4, -0.2) is 0 Å². The van der Waals surface area contributed by atoms with Gasteiger partial charge in [0.25, 0.3) is 0 Å². The predicted octanol–water partition coefficient (Wildman–Crippen LogP) is 6.99. The van der Waals surface area contributed by atoms with Gasteiger partial charge in [-0.05, 0) is 101 Å². The van der Waals surface area contributed by atoms with E-state index in [4.69, 9.17) is 0 Å². The zero-order chi connectivity index (χ0) is 15.9. The van der Waals surface area contributed by atoms with Crippen molar-refractivity contribution in [2.45, 2.75) is 59.8 Å². The molecule has 3 aliphatic carbocycles. The fourth-order valence-corrected chi connectivity index (χ4v) is 5.42. The molecule has 0 heterocycles. The summed E-state index contributed by atoms with van der Waals surface area (Å²) in [7, 11) is 0. The first-order chi connectivity index (χ1) is 10.4. The normalized spacial score (nSPS) is 34.7. The minimum atomic E-state index is 0.359. The SMILES string of the molecule is C/C=C\C1=C(C)C(C)(C)C2CC([C@H]3CC=C(I)CC3)=CC[C@H]12. The van der Waals surface area contributed by atoms with Gasteiger partial charge < -0.3 is 0 Å². The molecule has 120 valence electrons. The molecule has 0 nitrogen and oxygen atoms in total. The van der Waals surface area contributed by atoms with E-state index in [0.29, 0.717) is 5.41 Å². The quantitative estimate of drug-likeness (QED) is 0.341. The summed E-state index contributed by atoms with van der Waals surface area (Å²) in [5.74, 6) is 2.39. The van der Waals surface area contributed by atoms with Crippen molar-refractivity contribution in [2.75, 3.05) is 0 Å². The van der Waals surface area contributed by atoms with Gasteiger partial charge in [0.2, 0.25) is 0 Å². The summed E-state index contributed by atoms with van der Waals surface area (Å²) < 4.78 is 1.57. The molecule has 0 amide bonds. The molecule has 0 saturated heterocycles. The number of allylic oxidation sites excluding steroid dienone is 8. The standard InChI is InChI=1S/C21H29I/c1-5-6-18-14(2)21(3,4)20-13-16(9-12-19(18)20)15-7-10-17(22)11-8-15/h5-6,9-10,15,19-20H,7-8,11-13H2,1-4H3/b6-5-/t15-,19+,20?/m0/s1. The summed E-state index contributed by atoms with van der Waals surface area (Å²) in [6.07, 6.45) is 16.2. The Bertz CT molecular complexity index is 571. The van der Waals surface area contributed by atoms with Crippen LogP contribution in [0.4, 0.5) is 0 Å². The zero-order valence-corrected chi connectivity index (χ0v) is 16.6. The lowest BCUT2D eigenvalue weighted by molar-refractivity contribution is 0.215. The van der Waals surface area contributed by atoms with Crippen molar-refractivity contribution in [3.05, 3.63) is 44.6 Å². The minimum Gasteiger partial charge on any atom is -0.0874 e. The summed E-state index contributed by atoms with van der Waals surface area (Å²) in [6.45, 7) is 9.48. The average molecular weight is 408 g/mol. The Balaban J connectivity index is 1.83. The molecule has 0 aromatic heterocycles. The molecule has 0 N–H and O–H groups in total. The topological polar surface area (TPSA) is 0 Å². The number of halogens is 1. The number of hydrogen-bond acceptors (Lipinski definition) is 0. The Hall–Kier alpha value is -0.310. The third-order valence-electron chi connectivity index (χ3n) is 6.53. The van der Waals surface area contributed by atoms with Crippen molar-refractivity contribution in [3.63, 3.8) is 0 Å². The van der Waals surface area contributed by atoms with E-state index in [0.717, 1.165) is 17.8 Å². The molecule has 0 fully saturated rings. The van der Waals surface area contributed by atoms with Crippen LogP contribution >= 0.6 is 22.6 Å². The highest BCUT2D eigenvalue weighted by Crippen LogP contribution is 2.57. The minimum absolute atomic E-state index is 0.359. The van der Waals surface area contributed by atoms with Gasteiger partial charge in [-0.2, -0.15) is 0 Å². The van der Waals surface area contributed by atoms with Gasteiger partial charge in [-0.15, -0.1) is 0 Å². The van der Waals surface area contributed by atoms with Gasteiger partial charge in [0.05, 0.1) is 0 Å². The van der Waals surface area contributed by atoms with E-state index >= 15 is 0 Å². The second kappa shape index (κ2) is 6.30. The molecular weight excluding hydrogens is 379 g/mol. The van der Waals surface area contributed by atoms with Crippen LogP contribution in [-0.2, 0) is 0 Å². The maximum absolute atomic E-state index is 2.61. The van der Waals surface area contributed by atoms with Crippen molar-refractivity contribution in [1.82, 2.24) is 0 Å². The van der Waals surface area contributed by atoms with Crippen LogP contribution in [0.3, 0.4) is 0 Å². The molecule has 3 aliphatic rings. The van der Waals surface area contributed by atoms with Gasteiger partial charge in [0.15, 0.2) is 0 Å². The van der Waals surface area contributed by atoms with Crippen LogP contribution in [0.1, 0.15) is 59.8 Å². The second-order valence-electron chi connectivity index (χ2n) is 7.86. The fourth-order valence-electron chi connectivity index (χ4n) is 4.85. The first-order valence-electron chi connectivity index (χ1n) is 8.82. The summed E-state index contributed by atoms with van der Waals surface area (Å²) in [5.41, 5.74) is 5.39. The van der Waals surface area contributed by atoms with E-state index in [1.54, 1.807) is 20.3 Å². The lowest BCUT2D eigenvalue weighted by Crippen LogP contribution is -2.29. The van der Waals surface area contributed by atoms with Gasteiger partial charge in [-0.1, -0.05) is 49.3 Å². The summed E-state index contributed by atoms with van der Waals surface area (Å²) >= 11 is 2.51. The third-order valence-corrected chi connectivity index (χ3v) is 7.51.